The Morgan fingerprint density at radius 3 is 2.48 bits per heavy atom. The van der Waals surface area contributed by atoms with Gasteiger partial charge in [0.2, 0.25) is 11.8 Å². The molecule has 1 atom stereocenters. The van der Waals surface area contributed by atoms with Crippen LogP contribution in [-0.4, -0.2) is 51.9 Å². The fraction of sp³-hybridized carbons (Fsp3) is 0.294. The summed E-state index contributed by atoms with van der Waals surface area (Å²) in [7, 11) is 0. The van der Waals surface area contributed by atoms with Gasteiger partial charge in [-0.3, -0.25) is 9.59 Å². The van der Waals surface area contributed by atoms with Gasteiger partial charge >= 0.3 is 5.97 Å². The molecule has 0 saturated carbocycles. The van der Waals surface area contributed by atoms with Gasteiger partial charge in [-0.05, 0) is 19.1 Å². The van der Waals surface area contributed by atoms with E-state index in [9.17, 15) is 28.3 Å². The Hall–Kier alpha value is -3.30. The number of nitrogens with one attached hydrogen (secondary N) is 1. The summed E-state index contributed by atoms with van der Waals surface area (Å²) >= 11 is 0. The average Bonchev–Trinajstić information content (AvgIpc) is 3.07. The quantitative estimate of drug-likeness (QED) is 0.754. The Kier molecular flexibility index (Phi) is 6.22. The molecule has 144 valence electrons. The highest BCUT2D eigenvalue weighted by Gasteiger charge is 2.29. The van der Waals surface area contributed by atoms with E-state index in [-0.39, 0.29) is 24.7 Å². The van der Waals surface area contributed by atoms with Gasteiger partial charge < -0.3 is 19.7 Å². The van der Waals surface area contributed by atoms with E-state index in [1.165, 1.54) is 19.9 Å². The first-order valence-electron chi connectivity index (χ1n) is 7.90. The van der Waals surface area contributed by atoms with Crippen LogP contribution in [0.3, 0.4) is 0 Å². The first-order chi connectivity index (χ1) is 12.7. The van der Waals surface area contributed by atoms with Crippen LogP contribution in [0.2, 0.25) is 0 Å². The van der Waals surface area contributed by atoms with Crippen molar-refractivity contribution in [1.82, 2.24) is 15.2 Å². The molecule has 1 aromatic heterocycles. The molecule has 2 aromatic rings. The van der Waals surface area contributed by atoms with Gasteiger partial charge in [0.25, 0.3) is 5.91 Å². The lowest BCUT2D eigenvalue weighted by molar-refractivity contribution is -0.141. The summed E-state index contributed by atoms with van der Waals surface area (Å²) in [5.41, 5.74) is -0.851. The highest BCUT2D eigenvalue weighted by molar-refractivity contribution is 5.95. The number of rotatable bonds is 7. The van der Waals surface area contributed by atoms with Crippen LogP contribution in [0.1, 0.15) is 24.3 Å². The normalized spacial score (nSPS) is 11.7. The summed E-state index contributed by atoms with van der Waals surface area (Å²) in [4.78, 5) is 39.6. The number of amides is 2. The number of oxazole rings is 1. The second kappa shape index (κ2) is 8.39. The van der Waals surface area contributed by atoms with Gasteiger partial charge in [0, 0.05) is 20.0 Å². The summed E-state index contributed by atoms with van der Waals surface area (Å²) in [6.07, 6.45) is 0.892. The van der Waals surface area contributed by atoms with E-state index in [1.54, 1.807) is 0 Å². The van der Waals surface area contributed by atoms with Crippen LogP contribution in [0.4, 0.5) is 8.78 Å². The Balaban J connectivity index is 2.28. The van der Waals surface area contributed by atoms with Crippen molar-refractivity contribution in [1.29, 1.82) is 0 Å². The van der Waals surface area contributed by atoms with E-state index < -0.39 is 41.0 Å². The minimum atomic E-state index is -1.27. The third-order valence-electron chi connectivity index (χ3n) is 3.71. The summed E-state index contributed by atoms with van der Waals surface area (Å²) in [5, 5.41) is 11.6. The summed E-state index contributed by atoms with van der Waals surface area (Å²) < 4.78 is 32.7. The predicted molar refractivity (Wildman–Crippen MR) is 88.7 cm³/mol. The number of nitrogens with zero attached hydrogens (tertiary/aromatic N) is 2. The maximum atomic E-state index is 13.8. The fourth-order valence-corrected chi connectivity index (χ4v) is 2.29. The molecule has 8 nitrogen and oxygen atoms in total. The average molecular weight is 381 g/mol. The van der Waals surface area contributed by atoms with Crippen molar-refractivity contribution in [2.24, 2.45) is 0 Å². The number of aliphatic carboxylic acids is 1. The number of carbonyl (C=O) groups is 3. The van der Waals surface area contributed by atoms with E-state index in [0.717, 1.165) is 23.3 Å². The van der Waals surface area contributed by atoms with Gasteiger partial charge in [0.1, 0.15) is 29.5 Å². The SMILES string of the molecule is CC(=O)NCCN(C(=O)c1coc(-c2c(F)cccc2F)n1)C(C)C(=O)O. The molecule has 0 aliphatic carbocycles. The molecule has 1 unspecified atom stereocenters. The number of carbonyl (C=O) groups excluding carboxylic acids is 2. The minimum Gasteiger partial charge on any atom is -0.480 e. The second-order valence-electron chi connectivity index (χ2n) is 5.63. The van der Waals surface area contributed by atoms with Crippen molar-refractivity contribution in [2.75, 3.05) is 13.1 Å². The fourth-order valence-electron chi connectivity index (χ4n) is 2.29. The molecule has 0 fully saturated rings. The highest BCUT2D eigenvalue weighted by atomic mass is 19.1. The third-order valence-corrected chi connectivity index (χ3v) is 3.71. The lowest BCUT2D eigenvalue weighted by Crippen LogP contribution is -2.46. The zero-order valence-corrected chi connectivity index (χ0v) is 14.5. The van der Waals surface area contributed by atoms with E-state index >= 15 is 0 Å². The Morgan fingerprint density at radius 1 is 1.30 bits per heavy atom. The van der Waals surface area contributed by atoms with Crippen LogP contribution in [-0.2, 0) is 9.59 Å². The van der Waals surface area contributed by atoms with Crippen LogP contribution < -0.4 is 5.32 Å². The lowest BCUT2D eigenvalue weighted by Gasteiger charge is -2.25. The molecule has 0 saturated heterocycles. The summed E-state index contributed by atoms with van der Waals surface area (Å²) in [6.45, 7) is 2.47. The largest absolute Gasteiger partial charge is 0.480 e. The summed E-state index contributed by atoms with van der Waals surface area (Å²) in [5.74, 6) is -4.71. The molecule has 0 aliphatic heterocycles. The molecule has 0 bridgehead atoms. The maximum Gasteiger partial charge on any atom is 0.326 e. The molecule has 0 aliphatic rings. The van der Waals surface area contributed by atoms with E-state index in [0.29, 0.717) is 0 Å². The Morgan fingerprint density at radius 2 is 1.93 bits per heavy atom. The van der Waals surface area contributed by atoms with Gasteiger partial charge in [-0.1, -0.05) is 6.07 Å². The van der Waals surface area contributed by atoms with E-state index in [4.69, 9.17) is 4.42 Å². The number of aromatic nitrogens is 1. The number of halogens is 2. The van der Waals surface area contributed by atoms with Gasteiger partial charge in [-0.15, -0.1) is 0 Å². The molecule has 10 heteroatoms. The molecule has 0 spiro atoms. The molecule has 2 rings (SSSR count). The van der Waals surface area contributed by atoms with E-state index in [1.807, 2.05) is 0 Å². The monoisotopic (exact) mass is 381 g/mol. The molecule has 2 amide bonds. The molecule has 1 aromatic carbocycles. The lowest BCUT2D eigenvalue weighted by atomic mass is 10.2. The molecular weight excluding hydrogens is 364 g/mol. The number of carboxylic acid groups (broad SMARTS) is 1. The highest BCUT2D eigenvalue weighted by Crippen LogP contribution is 2.25. The molecule has 0 radical (unpaired) electrons. The van der Waals surface area contributed by atoms with Crippen molar-refractivity contribution in [3.05, 3.63) is 41.8 Å². The maximum absolute atomic E-state index is 13.8. The van der Waals surface area contributed by atoms with Crippen LogP contribution >= 0.6 is 0 Å². The predicted octanol–water partition coefficient (Wildman–Crippen LogP) is 1.67. The number of carboxylic acids is 1. The summed E-state index contributed by atoms with van der Waals surface area (Å²) in [6, 6.07) is 1.96. The zero-order valence-electron chi connectivity index (χ0n) is 14.5. The first-order valence-corrected chi connectivity index (χ1v) is 7.90. The van der Waals surface area contributed by atoms with Gasteiger partial charge in [0.05, 0.1) is 0 Å². The van der Waals surface area contributed by atoms with Crippen LogP contribution in [0.5, 0.6) is 0 Å². The topological polar surface area (TPSA) is 113 Å². The number of benzene rings is 1. The number of hydrogen-bond donors (Lipinski definition) is 2. The van der Waals surface area contributed by atoms with Crippen LogP contribution in [0.25, 0.3) is 11.5 Å². The molecular formula is C17H17F2N3O5. The molecule has 2 N–H and O–H groups in total. The second-order valence-corrected chi connectivity index (χ2v) is 5.63. The third kappa shape index (κ3) is 4.66. The molecule has 1 heterocycles. The smallest absolute Gasteiger partial charge is 0.326 e. The van der Waals surface area contributed by atoms with Crippen LogP contribution in [0.15, 0.2) is 28.9 Å². The number of hydrogen-bond acceptors (Lipinski definition) is 5. The van der Waals surface area contributed by atoms with Gasteiger partial charge in [-0.25, -0.2) is 18.6 Å². The van der Waals surface area contributed by atoms with Crippen molar-refractivity contribution in [2.45, 2.75) is 19.9 Å². The van der Waals surface area contributed by atoms with Gasteiger partial charge in [0.15, 0.2) is 5.69 Å². The van der Waals surface area contributed by atoms with Crippen molar-refractivity contribution < 1.29 is 32.7 Å². The van der Waals surface area contributed by atoms with Crippen LogP contribution in [0, 0.1) is 11.6 Å². The standard InChI is InChI=1S/C17H17F2N3O5/c1-9(17(25)26)22(7-6-20-10(2)23)16(24)13-8-27-15(21-13)14-11(18)4-3-5-12(14)19/h3-5,8-9H,6-7H2,1-2H3,(H,20,23)(H,25,26). The Labute approximate surface area is 152 Å². The van der Waals surface area contributed by atoms with Crippen molar-refractivity contribution in [3.8, 4) is 11.5 Å². The minimum absolute atomic E-state index is 0.0192. The van der Waals surface area contributed by atoms with Crippen molar-refractivity contribution >= 4 is 17.8 Å². The zero-order chi connectivity index (χ0) is 20.1. The first kappa shape index (κ1) is 20.0. The van der Waals surface area contributed by atoms with E-state index in [2.05, 4.69) is 10.3 Å². The Bertz CT molecular complexity index is 848. The van der Waals surface area contributed by atoms with Crippen molar-refractivity contribution in [3.63, 3.8) is 0 Å². The van der Waals surface area contributed by atoms with Gasteiger partial charge in [-0.2, -0.15) is 0 Å². The molecule has 27 heavy (non-hydrogen) atoms.